The first kappa shape index (κ1) is 43.5. The van der Waals surface area contributed by atoms with E-state index in [0.717, 1.165) is 23.6 Å². The highest BCUT2D eigenvalue weighted by Gasteiger charge is 2.51. The van der Waals surface area contributed by atoms with Crippen LogP contribution in [-0.4, -0.2) is 10.6 Å². The molecular formula is C73H54N2O. The largest absolute Gasteiger partial charge is 0.457 e. The Morgan fingerprint density at radius 2 is 0.987 bits per heavy atom. The van der Waals surface area contributed by atoms with Crippen LogP contribution >= 0.6 is 0 Å². The molecule has 3 heteroatoms. The number of hydrogen-bond acceptors (Lipinski definition) is 2. The molecule has 3 nitrogen and oxygen atoms in total. The van der Waals surface area contributed by atoms with Gasteiger partial charge >= 0.3 is 0 Å². The fourth-order valence-electron chi connectivity index (χ4n) is 14.9. The molecule has 0 radical (unpaired) electrons. The topological polar surface area (TPSA) is 17.4 Å². The van der Waals surface area contributed by atoms with Crippen molar-refractivity contribution in [3.05, 3.63) is 286 Å². The number of aromatic nitrogens is 1. The lowest BCUT2D eigenvalue weighted by Crippen LogP contribution is -2.33. The molecule has 1 aliphatic heterocycles. The molecule has 1 atom stereocenters. The van der Waals surface area contributed by atoms with Crippen molar-refractivity contribution in [2.45, 2.75) is 56.4 Å². The quantitative estimate of drug-likeness (QED) is 0.171. The highest BCUT2D eigenvalue weighted by atomic mass is 16.5. The van der Waals surface area contributed by atoms with E-state index in [2.05, 4.69) is 274 Å². The molecule has 1 spiro atoms. The molecule has 0 amide bonds. The molecule has 10 aromatic carbocycles. The monoisotopic (exact) mass is 974 g/mol. The Bertz CT molecular complexity index is 4250. The Morgan fingerprint density at radius 1 is 0.434 bits per heavy atom. The van der Waals surface area contributed by atoms with Gasteiger partial charge in [-0.1, -0.05) is 198 Å². The van der Waals surface area contributed by atoms with Crippen LogP contribution in [0, 0.1) is 0 Å². The fourth-order valence-corrected chi connectivity index (χ4v) is 14.9. The van der Waals surface area contributed by atoms with Crippen molar-refractivity contribution in [2.75, 3.05) is 4.90 Å². The maximum absolute atomic E-state index is 6.61. The van der Waals surface area contributed by atoms with Gasteiger partial charge in [0, 0.05) is 50.1 Å². The van der Waals surface area contributed by atoms with Crippen LogP contribution in [0.2, 0.25) is 0 Å². The molecule has 0 bridgehead atoms. The van der Waals surface area contributed by atoms with Crippen molar-refractivity contribution in [3.8, 4) is 61.7 Å². The number of ether oxygens (including phenoxy) is 1. The van der Waals surface area contributed by atoms with Crippen molar-refractivity contribution in [1.82, 2.24) is 4.57 Å². The molecule has 76 heavy (non-hydrogen) atoms. The van der Waals surface area contributed by atoms with Crippen molar-refractivity contribution >= 4 is 28.4 Å². The predicted molar refractivity (Wildman–Crippen MR) is 313 cm³/mol. The van der Waals surface area contributed by atoms with Crippen molar-refractivity contribution in [3.63, 3.8) is 0 Å². The van der Waals surface area contributed by atoms with Gasteiger partial charge in [0.1, 0.15) is 11.5 Å². The third-order valence-corrected chi connectivity index (χ3v) is 18.2. The van der Waals surface area contributed by atoms with Crippen molar-refractivity contribution in [1.29, 1.82) is 0 Å². The maximum Gasteiger partial charge on any atom is 0.132 e. The van der Waals surface area contributed by atoms with Gasteiger partial charge in [-0.2, -0.15) is 0 Å². The zero-order valence-electron chi connectivity index (χ0n) is 43.1. The van der Waals surface area contributed by atoms with E-state index in [4.69, 9.17) is 4.74 Å². The van der Waals surface area contributed by atoms with Gasteiger partial charge in [-0.3, -0.25) is 0 Å². The lowest BCUT2D eigenvalue weighted by Gasteiger charge is -2.39. The van der Waals surface area contributed by atoms with Gasteiger partial charge in [0.05, 0.1) is 17.0 Å². The number of anilines is 2. The molecule has 5 aliphatic rings. The molecule has 0 saturated heterocycles. The van der Waals surface area contributed by atoms with Crippen molar-refractivity contribution in [2.24, 2.45) is 0 Å². The number of fused-ring (bicyclic) bond motifs is 19. The van der Waals surface area contributed by atoms with Gasteiger partial charge in [0.15, 0.2) is 0 Å². The van der Waals surface area contributed by atoms with Crippen LogP contribution in [0.4, 0.5) is 11.4 Å². The Labute approximate surface area is 444 Å². The minimum atomic E-state index is -0.486. The van der Waals surface area contributed by atoms with Gasteiger partial charge in [-0.25, -0.2) is 0 Å². The average molecular weight is 975 g/mol. The van der Waals surface area contributed by atoms with E-state index in [1.807, 2.05) is 0 Å². The summed E-state index contributed by atoms with van der Waals surface area (Å²) in [6.45, 7) is 9.63. The Hall–Kier alpha value is -8.92. The number of benzene rings is 10. The van der Waals surface area contributed by atoms with Crippen LogP contribution in [0.3, 0.4) is 0 Å². The molecular weight excluding hydrogens is 921 g/mol. The van der Waals surface area contributed by atoms with E-state index >= 15 is 0 Å². The number of hydrogen-bond donors (Lipinski definition) is 0. The molecule has 16 rings (SSSR count). The second kappa shape index (κ2) is 15.6. The minimum absolute atomic E-state index is 0.0659. The zero-order chi connectivity index (χ0) is 50.7. The summed E-state index contributed by atoms with van der Waals surface area (Å²) in [5, 5.41) is 1.38. The normalized spacial score (nSPS) is 16.6. The highest BCUT2D eigenvalue weighted by Crippen LogP contribution is 2.63. The third-order valence-electron chi connectivity index (χ3n) is 18.2. The van der Waals surface area contributed by atoms with Gasteiger partial charge < -0.3 is 14.2 Å². The zero-order valence-corrected chi connectivity index (χ0v) is 43.1. The first-order valence-electron chi connectivity index (χ1n) is 27.0. The second-order valence-corrected chi connectivity index (χ2v) is 22.7. The summed E-state index contributed by atoms with van der Waals surface area (Å²) in [7, 11) is 0. The lowest BCUT2D eigenvalue weighted by molar-refractivity contribution is 0.436. The van der Waals surface area contributed by atoms with E-state index in [0.29, 0.717) is 0 Å². The van der Waals surface area contributed by atoms with Gasteiger partial charge in [-0.05, 0) is 157 Å². The van der Waals surface area contributed by atoms with E-state index in [1.54, 1.807) is 0 Å². The summed E-state index contributed by atoms with van der Waals surface area (Å²) in [5.41, 5.74) is 27.6. The van der Waals surface area contributed by atoms with Crippen LogP contribution < -0.4 is 9.64 Å². The summed E-state index contributed by atoms with van der Waals surface area (Å²) in [6.07, 6.45) is 5.75. The summed E-state index contributed by atoms with van der Waals surface area (Å²) < 4.78 is 9.16. The van der Waals surface area contributed by atoms with Crippen LogP contribution in [0.5, 0.6) is 11.5 Å². The summed E-state index contributed by atoms with van der Waals surface area (Å²) in [5.74, 6) is 1.82. The van der Waals surface area contributed by atoms with Crippen LogP contribution in [0.15, 0.2) is 231 Å². The number of para-hydroxylation sites is 3. The van der Waals surface area contributed by atoms with Gasteiger partial charge in [0.2, 0.25) is 0 Å². The maximum atomic E-state index is 6.61. The lowest BCUT2D eigenvalue weighted by atomic mass is 9.66. The molecule has 362 valence electrons. The standard InChI is InChI=1S/C73H54N2O/c1-71(2)58-23-11-8-20-51(58)54-37-35-50(44-64(54)71)74(47-18-6-5-7-19-47)49-36-40-65-57(43-49)69-66(41-38-55-52-21-9-12-24-59(52)72(3,4)70(55)69)75(65)48-33-30-45(31-34-48)46-32-39-61-56(42-46)53-22-10-13-25-60(53)73(61)62-26-14-16-28-67(62)76-68-29-17-15-27-63(68)73/h5-42,44,49H,43H2,1-4H3. The predicted octanol–water partition coefficient (Wildman–Crippen LogP) is 18.2. The van der Waals surface area contributed by atoms with E-state index < -0.39 is 5.41 Å². The summed E-state index contributed by atoms with van der Waals surface area (Å²) >= 11 is 0. The van der Waals surface area contributed by atoms with Crippen molar-refractivity contribution < 1.29 is 4.74 Å². The average Bonchev–Trinajstić information content (AvgIpc) is 4.15. The molecule has 11 aromatic rings. The highest BCUT2D eigenvalue weighted by molar-refractivity contribution is 6.02. The van der Waals surface area contributed by atoms with Crippen LogP contribution in [-0.2, 0) is 22.7 Å². The van der Waals surface area contributed by atoms with Gasteiger partial charge in [0.25, 0.3) is 0 Å². The third kappa shape index (κ3) is 5.72. The number of rotatable bonds is 5. The smallest absolute Gasteiger partial charge is 0.132 e. The molecule has 0 fully saturated rings. The van der Waals surface area contributed by atoms with E-state index in [1.165, 1.54) is 123 Å². The second-order valence-electron chi connectivity index (χ2n) is 22.7. The van der Waals surface area contributed by atoms with Crippen LogP contribution in [0.1, 0.15) is 83.5 Å². The molecule has 4 aliphatic carbocycles. The first-order chi connectivity index (χ1) is 37.2. The summed E-state index contributed by atoms with van der Waals surface area (Å²) in [4.78, 5) is 2.59. The Kier molecular flexibility index (Phi) is 8.91. The minimum Gasteiger partial charge on any atom is -0.457 e. The molecule has 0 N–H and O–H groups in total. The Balaban J connectivity index is 0.835. The van der Waals surface area contributed by atoms with Crippen LogP contribution in [0.25, 0.3) is 67.2 Å². The molecule has 2 heterocycles. The first-order valence-corrected chi connectivity index (χ1v) is 27.0. The SMILES string of the molecule is CC1(C)c2ccccc2-c2ccc(N(c3ccccc3)C3C=Cc4c(c5c6c(ccc5n4-c4ccc(-c5ccc7c(c5)-c5ccccc5C75c7ccccc7Oc7ccccc75)cc4)-c4ccccc4C6(C)C)C3)cc21. The summed E-state index contributed by atoms with van der Waals surface area (Å²) in [6, 6.07) is 83.8. The Morgan fingerprint density at radius 3 is 1.70 bits per heavy atom. The number of nitrogens with zero attached hydrogens (tertiary/aromatic N) is 2. The van der Waals surface area contributed by atoms with Gasteiger partial charge in [-0.15, -0.1) is 0 Å². The fraction of sp³-hybridized carbons (Fsp3) is 0.123. The molecule has 1 unspecified atom stereocenters. The van der Waals surface area contributed by atoms with E-state index in [9.17, 15) is 0 Å². The molecule has 0 saturated carbocycles. The van der Waals surface area contributed by atoms with E-state index in [-0.39, 0.29) is 16.9 Å². The molecule has 1 aromatic heterocycles.